The van der Waals surface area contributed by atoms with E-state index in [4.69, 9.17) is 5.73 Å². The Kier molecular flexibility index (Phi) is 4.40. The van der Waals surface area contributed by atoms with Crippen LogP contribution in [-0.4, -0.2) is 23.3 Å². The second kappa shape index (κ2) is 6.53. The third kappa shape index (κ3) is 2.89. The van der Waals surface area contributed by atoms with Gasteiger partial charge >= 0.3 is 0 Å². The highest BCUT2D eigenvalue weighted by Gasteiger charge is 2.45. The first-order valence-corrected chi connectivity index (χ1v) is 9.93. The molecule has 0 aromatic heterocycles. The normalized spacial score (nSPS) is 36.2. The van der Waals surface area contributed by atoms with Gasteiger partial charge in [-0.05, 0) is 75.0 Å². The van der Waals surface area contributed by atoms with Crippen LogP contribution in [0, 0.1) is 29.6 Å². The molecule has 2 amide bonds. The van der Waals surface area contributed by atoms with Gasteiger partial charge in [0.2, 0.25) is 11.8 Å². The zero-order chi connectivity index (χ0) is 16.7. The molecule has 132 valence electrons. The number of primary amides is 1. The Morgan fingerprint density at radius 1 is 1.17 bits per heavy atom. The summed E-state index contributed by atoms with van der Waals surface area (Å²) in [6.07, 6.45) is 13.3. The van der Waals surface area contributed by atoms with Crippen LogP contribution in [0.1, 0.15) is 64.2 Å². The lowest BCUT2D eigenvalue weighted by atomic mass is 9.77. The molecule has 2 bridgehead atoms. The molecule has 0 spiro atoms. The monoisotopic (exact) mass is 330 g/mol. The Balaban J connectivity index is 1.47. The number of carbonyl (C=O) groups excluding carboxylic acids is 2. The van der Waals surface area contributed by atoms with E-state index in [1.165, 1.54) is 44.2 Å². The molecule has 4 heteroatoms. The molecule has 5 unspecified atom stereocenters. The Labute approximate surface area is 144 Å². The molecule has 4 aliphatic rings. The highest BCUT2D eigenvalue weighted by Crippen LogP contribution is 2.51. The number of rotatable bonds is 4. The van der Waals surface area contributed by atoms with Crippen LogP contribution < -0.4 is 5.73 Å². The molecule has 3 aliphatic carbocycles. The van der Waals surface area contributed by atoms with Gasteiger partial charge in [0, 0.05) is 24.6 Å². The molecule has 0 aromatic carbocycles. The van der Waals surface area contributed by atoms with Crippen molar-refractivity contribution in [2.45, 2.75) is 64.2 Å². The van der Waals surface area contributed by atoms with E-state index in [2.05, 4.69) is 6.08 Å². The molecule has 2 saturated carbocycles. The second-order valence-corrected chi connectivity index (χ2v) is 8.50. The minimum Gasteiger partial charge on any atom is -0.369 e. The number of nitrogens with two attached hydrogens (primary N) is 1. The van der Waals surface area contributed by atoms with Gasteiger partial charge in [-0.1, -0.05) is 12.5 Å². The highest BCUT2D eigenvalue weighted by molar-refractivity contribution is 5.86. The van der Waals surface area contributed by atoms with E-state index in [0.29, 0.717) is 24.2 Å². The zero-order valence-corrected chi connectivity index (χ0v) is 14.6. The van der Waals surface area contributed by atoms with Crippen molar-refractivity contribution >= 4 is 11.8 Å². The van der Waals surface area contributed by atoms with Gasteiger partial charge in [0.05, 0.1) is 0 Å². The molecule has 0 aromatic rings. The lowest BCUT2D eigenvalue weighted by molar-refractivity contribution is -0.136. The predicted molar refractivity (Wildman–Crippen MR) is 92.6 cm³/mol. The van der Waals surface area contributed by atoms with Crippen molar-refractivity contribution in [2.24, 2.45) is 35.3 Å². The van der Waals surface area contributed by atoms with Crippen LogP contribution >= 0.6 is 0 Å². The molecule has 1 saturated heterocycles. The summed E-state index contributed by atoms with van der Waals surface area (Å²) in [5.74, 6) is 1.95. The van der Waals surface area contributed by atoms with E-state index in [1.54, 1.807) is 0 Å². The fraction of sp³-hybridized carbons (Fsp3) is 0.800. The summed E-state index contributed by atoms with van der Waals surface area (Å²) in [6.45, 7) is 0.823. The van der Waals surface area contributed by atoms with E-state index in [-0.39, 0.29) is 17.7 Å². The van der Waals surface area contributed by atoms with Crippen molar-refractivity contribution in [3.8, 4) is 0 Å². The van der Waals surface area contributed by atoms with Crippen LogP contribution in [0.25, 0.3) is 0 Å². The Morgan fingerprint density at radius 2 is 2.00 bits per heavy atom. The van der Waals surface area contributed by atoms with Gasteiger partial charge in [-0.15, -0.1) is 0 Å². The van der Waals surface area contributed by atoms with Crippen LogP contribution in [0.5, 0.6) is 0 Å². The van der Waals surface area contributed by atoms with Gasteiger partial charge < -0.3 is 10.6 Å². The molecule has 3 fully saturated rings. The van der Waals surface area contributed by atoms with Gasteiger partial charge in [-0.3, -0.25) is 9.59 Å². The van der Waals surface area contributed by atoms with Gasteiger partial charge in [0.1, 0.15) is 0 Å². The van der Waals surface area contributed by atoms with E-state index in [1.807, 2.05) is 4.90 Å². The lowest BCUT2D eigenvalue weighted by Gasteiger charge is -2.39. The van der Waals surface area contributed by atoms with E-state index in [9.17, 15) is 9.59 Å². The number of hydrogen-bond acceptors (Lipinski definition) is 2. The molecular formula is C20H30N2O2. The Bertz CT molecular complexity index is 556. The largest absolute Gasteiger partial charge is 0.369 e. The molecule has 1 heterocycles. The van der Waals surface area contributed by atoms with Crippen LogP contribution in [0.2, 0.25) is 0 Å². The van der Waals surface area contributed by atoms with E-state index in [0.717, 1.165) is 31.7 Å². The molecule has 5 atom stereocenters. The maximum atomic E-state index is 13.0. The number of hydrogen-bond donors (Lipinski definition) is 1. The number of amides is 2. The standard InChI is InChI=1S/C20H30N2O2/c21-20(24)17(16-11-13-7-8-15(16)10-13)12-19(23)22-9-3-5-14-4-1-2-6-18(14)22/h6,13-17H,1-5,7-12H2,(H2,21,24). The van der Waals surface area contributed by atoms with Crippen LogP contribution in [0.15, 0.2) is 11.8 Å². The average Bonchev–Trinajstić information content (AvgIpc) is 3.21. The fourth-order valence-electron chi connectivity index (χ4n) is 5.99. The maximum absolute atomic E-state index is 13.0. The quantitative estimate of drug-likeness (QED) is 0.860. The fourth-order valence-corrected chi connectivity index (χ4v) is 5.99. The minimum atomic E-state index is -0.257. The van der Waals surface area contributed by atoms with E-state index < -0.39 is 0 Å². The summed E-state index contributed by atoms with van der Waals surface area (Å²) < 4.78 is 0. The lowest BCUT2D eigenvalue weighted by Crippen LogP contribution is -2.42. The first kappa shape index (κ1) is 16.2. The van der Waals surface area contributed by atoms with Crippen molar-refractivity contribution in [3.63, 3.8) is 0 Å². The van der Waals surface area contributed by atoms with Crippen molar-refractivity contribution < 1.29 is 9.59 Å². The molecule has 1 aliphatic heterocycles. The van der Waals surface area contributed by atoms with Crippen LogP contribution in [0.3, 0.4) is 0 Å². The second-order valence-electron chi connectivity index (χ2n) is 8.50. The summed E-state index contributed by atoms with van der Waals surface area (Å²) in [4.78, 5) is 27.1. The third-order valence-corrected chi connectivity index (χ3v) is 7.15. The molecule has 24 heavy (non-hydrogen) atoms. The SMILES string of the molecule is NC(=O)C(CC(=O)N1CCCC2CCCC=C21)C1CC2CCC1C2. The van der Waals surface area contributed by atoms with Gasteiger partial charge in [0.25, 0.3) is 0 Å². The van der Waals surface area contributed by atoms with Crippen molar-refractivity contribution in [3.05, 3.63) is 11.8 Å². The summed E-state index contributed by atoms with van der Waals surface area (Å²) >= 11 is 0. The van der Waals surface area contributed by atoms with Gasteiger partial charge in [-0.25, -0.2) is 0 Å². The van der Waals surface area contributed by atoms with Crippen molar-refractivity contribution in [2.75, 3.05) is 6.54 Å². The predicted octanol–water partition coefficient (Wildman–Crippen LogP) is 3.22. The number of piperidine rings is 1. The van der Waals surface area contributed by atoms with E-state index >= 15 is 0 Å². The molecular weight excluding hydrogens is 300 g/mol. The first-order chi connectivity index (χ1) is 11.6. The number of carbonyl (C=O) groups is 2. The molecule has 4 nitrogen and oxygen atoms in total. The number of nitrogens with zero attached hydrogens (tertiary/aromatic N) is 1. The molecule has 2 N–H and O–H groups in total. The van der Waals surface area contributed by atoms with Crippen molar-refractivity contribution in [1.29, 1.82) is 0 Å². The first-order valence-electron chi connectivity index (χ1n) is 9.93. The number of allylic oxidation sites excluding steroid dienone is 2. The summed E-state index contributed by atoms with van der Waals surface area (Å²) in [6, 6.07) is 0. The van der Waals surface area contributed by atoms with Crippen LogP contribution in [-0.2, 0) is 9.59 Å². The van der Waals surface area contributed by atoms with Gasteiger partial charge in [-0.2, -0.15) is 0 Å². The zero-order valence-electron chi connectivity index (χ0n) is 14.6. The molecule has 4 rings (SSSR count). The number of likely N-dealkylation sites (tertiary alicyclic amines) is 1. The number of fused-ring (bicyclic) bond motifs is 3. The summed E-state index contributed by atoms with van der Waals surface area (Å²) in [5.41, 5.74) is 6.98. The third-order valence-electron chi connectivity index (χ3n) is 7.15. The highest BCUT2D eigenvalue weighted by atomic mass is 16.2. The molecule has 0 radical (unpaired) electrons. The smallest absolute Gasteiger partial charge is 0.227 e. The van der Waals surface area contributed by atoms with Gasteiger partial charge in [0.15, 0.2) is 0 Å². The Hall–Kier alpha value is -1.32. The maximum Gasteiger partial charge on any atom is 0.227 e. The summed E-state index contributed by atoms with van der Waals surface area (Å²) in [5, 5.41) is 0. The minimum absolute atomic E-state index is 0.138. The average molecular weight is 330 g/mol. The van der Waals surface area contributed by atoms with Crippen molar-refractivity contribution in [1.82, 2.24) is 4.90 Å². The Morgan fingerprint density at radius 3 is 2.71 bits per heavy atom. The van der Waals surface area contributed by atoms with Crippen LogP contribution in [0.4, 0.5) is 0 Å². The topological polar surface area (TPSA) is 63.4 Å². The summed E-state index contributed by atoms with van der Waals surface area (Å²) in [7, 11) is 0.